The topological polar surface area (TPSA) is 142 Å². The van der Waals surface area contributed by atoms with Crippen LogP contribution in [0.15, 0.2) is 47.4 Å². The van der Waals surface area contributed by atoms with Crippen molar-refractivity contribution in [2.75, 3.05) is 11.9 Å². The molecule has 140 valence electrons. The average Bonchev–Trinajstić information content (AvgIpc) is 2.63. The van der Waals surface area contributed by atoms with Gasteiger partial charge in [-0.2, -0.15) is 5.26 Å². The first-order valence-electron chi connectivity index (χ1n) is 7.77. The molecule has 1 amide bonds. The monoisotopic (exact) mass is 388 g/mol. The first-order valence-corrected chi connectivity index (χ1v) is 9.26. The van der Waals surface area contributed by atoms with Crippen molar-refractivity contribution >= 4 is 27.3 Å². The van der Waals surface area contributed by atoms with Gasteiger partial charge in [0.1, 0.15) is 0 Å². The summed E-state index contributed by atoms with van der Waals surface area (Å²) in [5, 5.41) is 22.0. The van der Waals surface area contributed by atoms with Crippen molar-refractivity contribution in [1.29, 1.82) is 5.26 Å². The highest BCUT2D eigenvalue weighted by molar-refractivity contribution is 7.89. The van der Waals surface area contributed by atoms with E-state index in [1.54, 1.807) is 6.92 Å². The highest BCUT2D eigenvalue weighted by atomic mass is 32.2. The second kappa shape index (κ2) is 8.39. The summed E-state index contributed by atoms with van der Waals surface area (Å²) in [7, 11) is -3.76. The molecule has 2 N–H and O–H groups in total. The van der Waals surface area contributed by atoms with E-state index >= 15 is 0 Å². The van der Waals surface area contributed by atoms with Crippen LogP contribution in [0.25, 0.3) is 0 Å². The van der Waals surface area contributed by atoms with E-state index in [1.807, 2.05) is 6.07 Å². The molecule has 0 aliphatic carbocycles. The van der Waals surface area contributed by atoms with Crippen molar-refractivity contribution in [3.05, 3.63) is 63.7 Å². The van der Waals surface area contributed by atoms with Gasteiger partial charge >= 0.3 is 0 Å². The van der Waals surface area contributed by atoms with Crippen LogP contribution in [-0.2, 0) is 10.0 Å². The number of amides is 1. The van der Waals surface area contributed by atoms with Crippen LogP contribution in [0.1, 0.15) is 22.3 Å². The Bertz CT molecular complexity index is 1010. The molecule has 9 nitrogen and oxygen atoms in total. The van der Waals surface area contributed by atoms with Crippen molar-refractivity contribution < 1.29 is 18.1 Å². The van der Waals surface area contributed by atoms with Gasteiger partial charge < -0.3 is 5.32 Å². The van der Waals surface area contributed by atoms with Gasteiger partial charge in [0.05, 0.1) is 15.9 Å². The predicted octanol–water partition coefficient (Wildman–Crippen LogP) is 2.35. The number of aryl methyl sites for hydroxylation is 1. The maximum Gasteiger partial charge on any atom is 0.274 e. The number of hydrogen-bond acceptors (Lipinski definition) is 6. The van der Waals surface area contributed by atoms with Crippen molar-refractivity contribution in [1.82, 2.24) is 4.72 Å². The van der Waals surface area contributed by atoms with Crippen LogP contribution in [-0.4, -0.2) is 25.8 Å². The van der Waals surface area contributed by atoms with Gasteiger partial charge in [-0.1, -0.05) is 6.07 Å². The van der Waals surface area contributed by atoms with Crippen LogP contribution in [0.5, 0.6) is 0 Å². The van der Waals surface area contributed by atoms with E-state index in [1.165, 1.54) is 42.5 Å². The lowest BCUT2D eigenvalue weighted by Crippen LogP contribution is -2.24. The smallest absolute Gasteiger partial charge is 0.274 e. The van der Waals surface area contributed by atoms with Gasteiger partial charge in [-0.05, 0) is 37.3 Å². The molecule has 0 aliphatic heterocycles. The van der Waals surface area contributed by atoms with Crippen molar-refractivity contribution in [3.8, 4) is 6.07 Å². The number of sulfonamides is 1. The Morgan fingerprint density at radius 3 is 2.48 bits per heavy atom. The molecule has 0 fully saturated rings. The maximum absolute atomic E-state index is 12.3. The van der Waals surface area contributed by atoms with Crippen LogP contribution >= 0.6 is 0 Å². The molecule has 0 radical (unpaired) electrons. The van der Waals surface area contributed by atoms with Crippen LogP contribution in [0.3, 0.4) is 0 Å². The molecular weight excluding hydrogens is 372 g/mol. The standard InChI is InChI=1S/C17H16N4O5S/c1-12-3-6-14(11-16(12)21(23)24)20-17(22)13-4-7-15(8-5-13)27(25,26)19-10-2-9-18/h3-8,11,19H,2,10H2,1H3,(H,20,22). The number of nitro benzene ring substituents is 1. The molecule has 0 heterocycles. The molecule has 0 aromatic heterocycles. The van der Waals surface area contributed by atoms with E-state index in [0.717, 1.165) is 0 Å². The lowest BCUT2D eigenvalue weighted by molar-refractivity contribution is -0.385. The quantitative estimate of drug-likeness (QED) is 0.423. The molecule has 0 saturated heterocycles. The van der Waals surface area contributed by atoms with E-state index in [-0.39, 0.29) is 34.8 Å². The normalized spacial score (nSPS) is 10.8. The van der Waals surface area contributed by atoms with Gasteiger partial charge in [0.25, 0.3) is 11.6 Å². The number of nitrogens with one attached hydrogen (secondary N) is 2. The third-order valence-corrected chi connectivity index (χ3v) is 5.10. The molecule has 0 bridgehead atoms. The number of nitrogens with zero attached hydrogens (tertiary/aromatic N) is 2. The van der Waals surface area contributed by atoms with Gasteiger partial charge in [0, 0.05) is 35.8 Å². The first kappa shape index (κ1) is 20.0. The number of carbonyl (C=O) groups excluding carboxylic acids is 1. The zero-order valence-electron chi connectivity index (χ0n) is 14.3. The molecule has 0 unspecified atom stereocenters. The summed E-state index contributed by atoms with van der Waals surface area (Å²) in [6.07, 6.45) is 0.0441. The molecule has 0 atom stereocenters. The van der Waals surface area contributed by atoms with Crippen molar-refractivity contribution in [2.45, 2.75) is 18.2 Å². The number of anilines is 1. The maximum atomic E-state index is 12.3. The minimum atomic E-state index is -3.76. The third kappa shape index (κ3) is 5.10. The lowest BCUT2D eigenvalue weighted by atomic mass is 10.1. The summed E-state index contributed by atoms with van der Waals surface area (Å²) in [4.78, 5) is 22.7. The summed E-state index contributed by atoms with van der Waals surface area (Å²) in [6.45, 7) is 1.58. The molecular formula is C17H16N4O5S. The molecule has 2 aromatic carbocycles. The van der Waals surface area contributed by atoms with E-state index in [0.29, 0.717) is 5.56 Å². The van der Waals surface area contributed by atoms with Crippen LogP contribution in [0.4, 0.5) is 11.4 Å². The zero-order valence-corrected chi connectivity index (χ0v) is 15.1. The summed E-state index contributed by atoms with van der Waals surface area (Å²) in [5.41, 5.74) is 0.801. The van der Waals surface area contributed by atoms with E-state index in [4.69, 9.17) is 5.26 Å². The Kier molecular flexibility index (Phi) is 6.23. The Morgan fingerprint density at radius 2 is 1.89 bits per heavy atom. The molecule has 2 rings (SSSR count). The number of rotatable bonds is 7. The first-order chi connectivity index (χ1) is 12.7. The number of nitro groups is 1. The van der Waals surface area contributed by atoms with E-state index in [2.05, 4.69) is 10.0 Å². The fourth-order valence-corrected chi connectivity index (χ4v) is 3.23. The number of nitriles is 1. The van der Waals surface area contributed by atoms with Gasteiger partial charge in [-0.25, -0.2) is 13.1 Å². The number of benzene rings is 2. The largest absolute Gasteiger partial charge is 0.322 e. The fourth-order valence-electron chi connectivity index (χ4n) is 2.20. The Labute approximate surface area is 155 Å². The SMILES string of the molecule is Cc1ccc(NC(=O)c2ccc(S(=O)(=O)NCCC#N)cc2)cc1[N+](=O)[O-]. The van der Waals surface area contributed by atoms with Crippen LogP contribution < -0.4 is 10.0 Å². The van der Waals surface area contributed by atoms with Gasteiger partial charge in [0.15, 0.2) is 0 Å². The number of carbonyl (C=O) groups is 1. The average molecular weight is 388 g/mol. The zero-order chi connectivity index (χ0) is 20.0. The van der Waals surface area contributed by atoms with Crippen LogP contribution in [0, 0.1) is 28.4 Å². The Hall–Kier alpha value is -3.29. The molecule has 0 aliphatic rings. The third-order valence-electron chi connectivity index (χ3n) is 3.62. The van der Waals surface area contributed by atoms with Crippen LogP contribution in [0.2, 0.25) is 0 Å². The minimum Gasteiger partial charge on any atom is -0.322 e. The second-order valence-corrected chi connectivity index (χ2v) is 7.31. The predicted molar refractivity (Wildman–Crippen MR) is 97.6 cm³/mol. The lowest BCUT2D eigenvalue weighted by Gasteiger charge is -2.08. The molecule has 10 heteroatoms. The number of hydrogen-bond donors (Lipinski definition) is 2. The highest BCUT2D eigenvalue weighted by Crippen LogP contribution is 2.23. The Morgan fingerprint density at radius 1 is 1.22 bits per heavy atom. The Balaban J connectivity index is 2.13. The van der Waals surface area contributed by atoms with Gasteiger partial charge in [-0.15, -0.1) is 0 Å². The van der Waals surface area contributed by atoms with Gasteiger partial charge in [-0.3, -0.25) is 14.9 Å². The summed E-state index contributed by atoms with van der Waals surface area (Å²) < 4.78 is 26.3. The van der Waals surface area contributed by atoms with Crippen molar-refractivity contribution in [2.24, 2.45) is 0 Å². The minimum absolute atomic E-state index is 0.00667. The molecule has 0 saturated carbocycles. The molecule has 27 heavy (non-hydrogen) atoms. The second-order valence-electron chi connectivity index (χ2n) is 5.54. The van der Waals surface area contributed by atoms with Gasteiger partial charge in [0.2, 0.25) is 10.0 Å². The summed E-state index contributed by atoms with van der Waals surface area (Å²) >= 11 is 0. The summed E-state index contributed by atoms with van der Waals surface area (Å²) in [5.74, 6) is -0.533. The fraction of sp³-hybridized carbons (Fsp3) is 0.176. The van der Waals surface area contributed by atoms with E-state index in [9.17, 15) is 23.3 Å². The highest BCUT2D eigenvalue weighted by Gasteiger charge is 2.16. The molecule has 2 aromatic rings. The summed E-state index contributed by atoms with van der Waals surface area (Å²) in [6, 6.07) is 11.3. The molecule has 0 spiro atoms. The van der Waals surface area contributed by atoms with Crippen molar-refractivity contribution in [3.63, 3.8) is 0 Å². The van der Waals surface area contributed by atoms with E-state index < -0.39 is 20.9 Å².